The summed E-state index contributed by atoms with van der Waals surface area (Å²) in [7, 11) is 3.41. The molecule has 5 nitrogen and oxygen atoms in total. The van der Waals surface area contributed by atoms with Crippen LogP contribution >= 0.6 is 11.6 Å². The molecule has 1 aromatic carbocycles. The lowest BCUT2D eigenvalue weighted by atomic mass is 10.2. The van der Waals surface area contributed by atoms with Gasteiger partial charge < -0.3 is 15.4 Å². The van der Waals surface area contributed by atoms with Crippen LogP contribution in [0, 0.1) is 0 Å². The Bertz CT molecular complexity index is 576. The summed E-state index contributed by atoms with van der Waals surface area (Å²) < 4.78 is 5.00. The van der Waals surface area contributed by atoms with Gasteiger partial charge in [-0.15, -0.1) is 0 Å². The highest BCUT2D eigenvalue weighted by Crippen LogP contribution is 2.25. The predicted molar refractivity (Wildman–Crippen MR) is 76.6 cm³/mol. The summed E-state index contributed by atoms with van der Waals surface area (Å²) in [5, 5.41) is 0.470. The second-order valence-corrected chi connectivity index (χ2v) is 4.49. The molecule has 0 bridgehead atoms. The van der Waals surface area contributed by atoms with E-state index in [4.69, 9.17) is 22.1 Å². The summed E-state index contributed by atoms with van der Waals surface area (Å²) in [5.41, 5.74) is 7.68. The first-order valence-corrected chi connectivity index (χ1v) is 6.10. The molecule has 0 atom stereocenters. The molecule has 0 aliphatic rings. The van der Waals surface area contributed by atoms with Crippen molar-refractivity contribution < 1.29 is 4.74 Å². The van der Waals surface area contributed by atoms with Crippen LogP contribution in [-0.4, -0.2) is 24.1 Å². The number of methoxy groups -OCH3 is 1. The van der Waals surface area contributed by atoms with E-state index in [2.05, 4.69) is 9.97 Å². The van der Waals surface area contributed by atoms with Crippen LogP contribution in [-0.2, 0) is 6.54 Å². The minimum Gasteiger partial charge on any atom is -0.467 e. The third-order valence-electron chi connectivity index (χ3n) is 2.71. The fraction of sp³-hybridized carbons (Fsp3) is 0.231. The molecule has 2 N–H and O–H groups in total. The van der Waals surface area contributed by atoms with Crippen molar-refractivity contribution in [1.82, 2.24) is 9.97 Å². The fourth-order valence-electron chi connectivity index (χ4n) is 1.72. The number of aromatic nitrogens is 2. The molecule has 2 aromatic rings. The Labute approximate surface area is 117 Å². The molecule has 0 aliphatic carbocycles. The molecule has 6 heteroatoms. The van der Waals surface area contributed by atoms with Gasteiger partial charge in [0.25, 0.3) is 0 Å². The number of hydrogen-bond donors (Lipinski definition) is 1. The van der Waals surface area contributed by atoms with Crippen LogP contribution in [0.2, 0.25) is 5.02 Å². The highest BCUT2D eigenvalue weighted by molar-refractivity contribution is 6.32. The molecular formula is C13H15ClN4O. The van der Waals surface area contributed by atoms with Gasteiger partial charge in [0.05, 0.1) is 13.3 Å². The molecule has 0 aliphatic heterocycles. The van der Waals surface area contributed by atoms with Gasteiger partial charge in [-0.05, 0) is 11.6 Å². The molecule has 100 valence electrons. The van der Waals surface area contributed by atoms with E-state index in [1.807, 2.05) is 36.2 Å². The maximum atomic E-state index is 6.10. The zero-order valence-electron chi connectivity index (χ0n) is 10.8. The van der Waals surface area contributed by atoms with Crippen LogP contribution in [0.1, 0.15) is 5.56 Å². The van der Waals surface area contributed by atoms with Crippen LogP contribution in [0.5, 0.6) is 6.01 Å². The number of halogens is 1. The molecule has 0 radical (unpaired) electrons. The second kappa shape index (κ2) is 5.75. The van der Waals surface area contributed by atoms with Crippen molar-refractivity contribution in [2.45, 2.75) is 6.54 Å². The van der Waals surface area contributed by atoms with Crippen LogP contribution in [0.3, 0.4) is 0 Å². The second-order valence-electron chi connectivity index (χ2n) is 4.08. The fourth-order valence-corrected chi connectivity index (χ4v) is 1.95. The minimum absolute atomic E-state index is 0.285. The first kappa shape index (κ1) is 13.4. The number of hydrogen-bond acceptors (Lipinski definition) is 5. The molecule has 0 spiro atoms. The Morgan fingerprint density at radius 2 is 2.11 bits per heavy atom. The number of nitrogens with two attached hydrogens (primary N) is 1. The number of benzene rings is 1. The van der Waals surface area contributed by atoms with Crippen LogP contribution in [0.15, 0.2) is 30.5 Å². The summed E-state index contributed by atoms with van der Waals surface area (Å²) in [4.78, 5) is 10.1. The van der Waals surface area contributed by atoms with Gasteiger partial charge in [0.2, 0.25) is 0 Å². The van der Waals surface area contributed by atoms with E-state index in [1.165, 1.54) is 13.3 Å². The van der Waals surface area contributed by atoms with Gasteiger partial charge in [0, 0.05) is 19.3 Å². The zero-order chi connectivity index (χ0) is 13.8. The van der Waals surface area contributed by atoms with E-state index in [-0.39, 0.29) is 6.01 Å². The van der Waals surface area contributed by atoms with E-state index in [0.29, 0.717) is 17.4 Å². The molecule has 2 rings (SSSR count). The molecule has 0 unspecified atom stereocenters. The van der Waals surface area contributed by atoms with Gasteiger partial charge in [-0.2, -0.15) is 4.98 Å². The Morgan fingerprint density at radius 3 is 2.79 bits per heavy atom. The number of anilines is 2. The largest absolute Gasteiger partial charge is 0.467 e. The van der Waals surface area contributed by atoms with Crippen LogP contribution in [0.4, 0.5) is 11.5 Å². The minimum atomic E-state index is 0.285. The molecular weight excluding hydrogens is 264 g/mol. The third kappa shape index (κ3) is 3.06. The normalized spacial score (nSPS) is 10.3. The number of rotatable bonds is 4. The van der Waals surface area contributed by atoms with E-state index in [0.717, 1.165) is 11.3 Å². The van der Waals surface area contributed by atoms with E-state index < -0.39 is 0 Å². The lowest BCUT2D eigenvalue weighted by Crippen LogP contribution is -2.19. The lowest BCUT2D eigenvalue weighted by Gasteiger charge is -2.20. The van der Waals surface area contributed by atoms with Crippen molar-refractivity contribution in [3.63, 3.8) is 0 Å². The van der Waals surface area contributed by atoms with Crippen LogP contribution < -0.4 is 15.4 Å². The zero-order valence-corrected chi connectivity index (χ0v) is 11.6. The van der Waals surface area contributed by atoms with Gasteiger partial charge in [-0.25, -0.2) is 4.98 Å². The lowest BCUT2D eigenvalue weighted by molar-refractivity contribution is 0.380. The van der Waals surface area contributed by atoms with Crippen molar-refractivity contribution in [3.8, 4) is 6.01 Å². The molecule has 19 heavy (non-hydrogen) atoms. The van der Waals surface area contributed by atoms with Crippen molar-refractivity contribution in [3.05, 3.63) is 41.0 Å². The highest BCUT2D eigenvalue weighted by Gasteiger charge is 2.12. The monoisotopic (exact) mass is 278 g/mol. The Balaban J connectivity index is 2.25. The SMILES string of the molecule is COc1ncc(Cl)c(N(C)Cc2ccccc2N)n1. The van der Waals surface area contributed by atoms with Crippen LogP contribution in [0.25, 0.3) is 0 Å². The predicted octanol–water partition coefficient (Wildman–Crippen LogP) is 2.36. The van der Waals surface area contributed by atoms with E-state index in [1.54, 1.807) is 0 Å². The Morgan fingerprint density at radius 1 is 1.37 bits per heavy atom. The van der Waals surface area contributed by atoms with Crippen molar-refractivity contribution in [1.29, 1.82) is 0 Å². The maximum Gasteiger partial charge on any atom is 0.318 e. The molecule has 0 saturated carbocycles. The Kier molecular flexibility index (Phi) is 4.06. The topological polar surface area (TPSA) is 64.3 Å². The Hall–Kier alpha value is -2.01. The molecule has 1 aromatic heterocycles. The summed E-state index contributed by atoms with van der Waals surface area (Å²) >= 11 is 6.10. The van der Waals surface area contributed by atoms with Crippen molar-refractivity contribution in [2.24, 2.45) is 0 Å². The van der Waals surface area contributed by atoms with Gasteiger partial charge in [-0.3, -0.25) is 0 Å². The van der Waals surface area contributed by atoms with Gasteiger partial charge in [0.1, 0.15) is 5.02 Å². The standard InChI is InChI=1S/C13H15ClN4O/c1-18(8-9-5-3-4-6-11(9)15)12-10(14)7-16-13(17-12)19-2/h3-7H,8,15H2,1-2H3. The third-order valence-corrected chi connectivity index (χ3v) is 2.98. The first-order valence-electron chi connectivity index (χ1n) is 5.73. The van der Waals surface area contributed by atoms with E-state index >= 15 is 0 Å². The number of para-hydroxylation sites is 1. The van der Waals surface area contributed by atoms with Gasteiger partial charge >= 0.3 is 6.01 Å². The van der Waals surface area contributed by atoms with Gasteiger partial charge in [-0.1, -0.05) is 29.8 Å². The molecule has 0 amide bonds. The highest BCUT2D eigenvalue weighted by atomic mass is 35.5. The average Bonchev–Trinajstić information content (AvgIpc) is 2.42. The summed E-state index contributed by atoms with van der Waals surface area (Å²) in [5.74, 6) is 0.608. The number of ether oxygens (including phenoxy) is 1. The molecule has 0 fully saturated rings. The summed E-state index contributed by atoms with van der Waals surface area (Å²) in [6.45, 7) is 0.604. The quantitative estimate of drug-likeness (QED) is 0.870. The molecule has 0 saturated heterocycles. The van der Waals surface area contributed by atoms with Crippen molar-refractivity contribution in [2.75, 3.05) is 24.8 Å². The first-order chi connectivity index (χ1) is 9.11. The average molecular weight is 279 g/mol. The number of nitrogens with zero attached hydrogens (tertiary/aromatic N) is 3. The maximum absolute atomic E-state index is 6.10. The van der Waals surface area contributed by atoms with Crippen molar-refractivity contribution >= 4 is 23.1 Å². The van der Waals surface area contributed by atoms with E-state index in [9.17, 15) is 0 Å². The van der Waals surface area contributed by atoms with Gasteiger partial charge in [0.15, 0.2) is 5.82 Å². The smallest absolute Gasteiger partial charge is 0.318 e. The molecule has 1 heterocycles. The summed E-state index contributed by atoms with van der Waals surface area (Å²) in [6.07, 6.45) is 1.52. The summed E-state index contributed by atoms with van der Waals surface area (Å²) in [6, 6.07) is 7.97. The number of nitrogen functional groups attached to an aromatic ring is 1.